The molecule has 90 valence electrons. The van der Waals surface area contributed by atoms with Gasteiger partial charge in [0.15, 0.2) is 5.16 Å². The van der Waals surface area contributed by atoms with E-state index in [0.29, 0.717) is 10.9 Å². The maximum atomic E-state index is 11.1. The fourth-order valence-electron chi connectivity index (χ4n) is 1.25. The number of rotatable bonds is 4. The second-order valence-electron chi connectivity index (χ2n) is 3.34. The summed E-state index contributed by atoms with van der Waals surface area (Å²) < 4.78 is 1.45. The lowest BCUT2D eigenvalue weighted by Gasteiger charge is -2.03. The Morgan fingerprint density at radius 1 is 1.65 bits per heavy atom. The Kier molecular flexibility index (Phi) is 3.45. The third kappa shape index (κ3) is 2.66. The van der Waals surface area contributed by atoms with E-state index in [9.17, 15) is 4.79 Å². The molecular weight excluding hydrogens is 240 g/mol. The zero-order valence-corrected chi connectivity index (χ0v) is 9.99. The van der Waals surface area contributed by atoms with Gasteiger partial charge >= 0.3 is 5.69 Å². The second kappa shape index (κ2) is 5.02. The topological polar surface area (TPSA) is 102 Å². The Morgan fingerprint density at radius 3 is 3.12 bits per heavy atom. The zero-order valence-electron chi connectivity index (χ0n) is 9.17. The molecule has 2 aromatic heterocycles. The summed E-state index contributed by atoms with van der Waals surface area (Å²) in [6, 6.07) is 3.62. The van der Waals surface area contributed by atoms with Gasteiger partial charge in [-0.05, 0) is 12.1 Å². The summed E-state index contributed by atoms with van der Waals surface area (Å²) in [7, 11) is 1.67. The number of anilines is 1. The number of nitrogens with zero attached hydrogens (tertiary/aromatic N) is 3. The molecule has 4 N–H and O–H groups in total. The number of aromatic amines is 1. The smallest absolute Gasteiger partial charge is 0.324 e. The van der Waals surface area contributed by atoms with Crippen LogP contribution in [0.15, 0.2) is 28.3 Å². The molecular formula is C9H12N6OS. The minimum atomic E-state index is -0.224. The maximum absolute atomic E-state index is 11.1. The molecule has 2 aromatic rings. The van der Waals surface area contributed by atoms with Gasteiger partial charge in [-0.25, -0.2) is 9.89 Å². The number of pyridine rings is 1. The molecule has 0 aliphatic carbocycles. The van der Waals surface area contributed by atoms with Gasteiger partial charge < -0.3 is 5.43 Å². The van der Waals surface area contributed by atoms with E-state index in [1.807, 2.05) is 6.07 Å². The van der Waals surface area contributed by atoms with Gasteiger partial charge in [0.05, 0.1) is 11.4 Å². The van der Waals surface area contributed by atoms with E-state index in [1.54, 1.807) is 19.3 Å². The Morgan fingerprint density at radius 2 is 2.47 bits per heavy atom. The highest BCUT2D eigenvalue weighted by Crippen LogP contribution is 2.18. The second-order valence-corrected chi connectivity index (χ2v) is 4.28. The van der Waals surface area contributed by atoms with Crippen molar-refractivity contribution in [3.63, 3.8) is 0 Å². The molecule has 0 saturated carbocycles. The highest BCUT2D eigenvalue weighted by atomic mass is 32.2. The Labute approximate surface area is 101 Å². The summed E-state index contributed by atoms with van der Waals surface area (Å²) in [6.07, 6.45) is 1.68. The third-order valence-corrected chi connectivity index (χ3v) is 3.23. The van der Waals surface area contributed by atoms with Crippen LogP contribution in [0.25, 0.3) is 0 Å². The Bertz CT molecular complexity index is 563. The molecule has 0 amide bonds. The van der Waals surface area contributed by atoms with E-state index in [1.165, 1.54) is 16.3 Å². The molecule has 0 unspecified atom stereocenters. The van der Waals surface area contributed by atoms with Gasteiger partial charge in [0.2, 0.25) is 0 Å². The highest BCUT2D eigenvalue weighted by Gasteiger charge is 2.05. The van der Waals surface area contributed by atoms with Crippen LogP contribution in [0.5, 0.6) is 0 Å². The van der Waals surface area contributed by atoms with Crippen LogP contribution in [0.2, 0.25) is 0 Å². The molecule has 0 bridgehead atoms. The first-order valence-electron chi connectivity index (χ1n) is 4.86. The van der Waals surface area contributed by atoms with Crippen molar-refractivity contribution < 1.29 is 0 Å². The summed E-state index contributed by atoms with van der Waals surface area (Å²) in [5.41, 5.74) is 3.99. The fourth-order valence-corrected chi connectivity index (χ4v) is 2.07. The molecule has 0 fully saturated rings. The molecule has 7 nitrogen and oxygen atoms in total. The largest absolute Gasteiger partial charge is 0.343 e. The standard InChI is InChI=1S/C9H12N6OS/c1-15-8(16)13-14-9(15)17-5-7-4-6(12-10)2-3-11-7/h2-4H,5,10H2,1H3,(H,11,12)(H,13,16). The average molecular weight is 252 g/mol. The van der Waals surface area contributed by atoms with Crippen LogP contribution in [0, 0.1) is 0 Å². The van der Waals surface area contributed by atoms with E-state index in [-0.39, 0.29) is 5.69 Å². The van der Waals surface area contributed by atoms with Crippen molar-refractivity contribution in [3.05, 3.63) is 34.5 Å². The predicted octanol–water partition coefficient (Wildman–Crippen LogP) is 0.0813. The quantitative estimate of drug-likeness (QED) is 0.405. The molecule has 0 aromatic carbocycles. The summed E-state index contributed by atoms with van der Waals surface area (Å²) in [4.78, 5) is 15.3. The van der Waals surface area contributed by atoms with Gasteiger partial charge in [-0.2, -0.15) is 0 Å². The van der Waals surface area contributed by atoms with Crippen LogP contribution in [-0.2, 0) is 12.8 Å². The molecule has 0 aliphatic rings. The lowest BCUT2D eigenvalue weighted by Crippen LogP contribution is -2.12. The number of thioether (sulfide) groups is 1. The third-order valence-electron chi connectivity index (χ3n) is 2.17. The van der Waals surface area contributed by atoms with E-state index < -0.39 is 0 Å². The Hall–Kier alpha value is -1.80. The summed E-state index contributed by atoms with van der Waals surface area (Å²) in [5, 5.41) is 6.90. The van der Waals surface area contributed by atoms with Crippen molar-refractivity contribution >= 4 is 17.4 Å². The van der Waals surface area contributed by atoms with E-state index >= 15 is 0 Å². The van der Waals surface area contributed by atoms with Crippen LogP contribution < -0.4 is 17.0 Å². The molecule has 0 spiro atoms. The summed E-state index contributed by atoms with van der Waals surface area (Å²) >= 11 is 1.43. The number of nitrogens with one attached hydrogen (secondary N) is 2. The van der Waals surface area contributed by atoms with E-state index in [2.05, 4.69) is 20.6 Å². The first-order valence-corrected chi connectivity index (χ1v) is 5.85. The minimum absolute atomic E-state index is 0.224. The molecule has 0 aliphatic heterocycles. The van der Waals surface area contributed by atoms with Crippen molar-refractivity contribution in [2.75, 3.05) is 5.43 Å². The van der Waals surface area contributed by atoms with Gasteiger partial charge in [-0.15, -0.1) is 5.10 Å². The van der Waals surface area contributed by atoms with Crippen molar-refractivity contribution in [1.29, 1.82) is 0 Å². The van der Waals surface area contributed by atoms with Crippen molar-refractivity contribution in [2.24, 2.45) is 12.9 Å². The van der Waals surface area contributed by atoms with Gasteiger partial charge in [0.25, 0.3) is 0 Å². The van der Waals surface area contributed by atoms with Crippen molar-refractivity contribution in [2.45, 2.75) is 10.9 Å². The number of nitrogens with two attached hydrogens (primary N) is 1. The molecule has 0 radical (unpaired) electrons. The van der Waals surface area contributed by atoms with E-state index in [0.717, 1.165) is 11.4 Å². The summed E-state index contributed by atoms with van der Waals surface area (Å²) in [5.74, 6) is 5.92. The molecule has 0 saturated heterocycles. The van der Waals surface area contributed by atoms with Crippen LogP contribution in [-0.4, -0.2) is 19.7 Å². The predicted molar refractivity (Wildman–Crippen MR) is 65.4 cm³/mol. The highest BCUT2D eigenvalue weighted by molar-refractivity contribution is 7.98. The molecule has 2 rings (SSSR count). The van der Waals surface area contributed by atoms with Crippen LogP contribution in [0.3, 0.4) is 0 Å². The fraction of sp³-hybridized carbons (Fsp3) is 0.222. The number of hydrogen-bond donors (Lipinski definition) is 3. The van der Waals surface area contributed by atoms with Crippen molar-refractivity contribution in [3.8, 4) is 0 Å². The van der Waals surface area contributed by atoms with Gasteiger partial charge in [0.1, 0.15) is 0 Å². The number of nitrogen functional groups attached to an aromatic ring is 1. The first kappa shape index (κ1) is 11.7. The van der Waals surface area contributed by atoms with Crippen LogP contribution in [0.1, 0.15) is 5.69 Å². The monoisotopic (exact) mass is 252 g/mol. The van der Waals surface area contributed by atoms with E-state index in [4.69, 9.17) is 5.84 Å². The molecule has 0 atom stereocenters. The van der Waals surface area contributed by atoms with Crippen LogP contribution in [0.4, 0.5) is 5.69 Å². The minimum Gasteiger partial charge on any atom is -0.324 e. The van der Waals surface area contributed by atoms with Crippen LogP contribution >= 0.6 is 11.8 Å². The number of hydrazine groups is 1. The average Bonchev–Trinajstić information content (AvgIpc) is 2.68. The Balaban J connectivity index is 2.07. The molecule has 2 heterocycles. The zero-order chi connectivity index (χ0) is 12.3. The van der Waals surface area contributed by atoms with Gasteiger partial charge in [-0.1, -0.05) is 11.8 Å². The summed E-state index contributed by atoms with van der Waals surface area (Å²) in [6.45, 7) is 0. The number of H-pyrrole nitrogens is 1. The van der Waals surface area contributed by atoms with Crippen molar-refractivity contribution in [1.82, 2.24) is 19.7 Å². The molecule has 17 heavy (non-hydrogen) atoms. The SMILES string of the molecule is Cn1c(SCc2cc(NN)ccn2)n[nH]c1=O. The normalized spacial score (nSPS) is 10.5. The van der Waals surface area contributed by atoms with Gasteiger partial charge in [0, 0.05) is 19.0 Å². The number of aromatic nitrogens is 4. The molecule has 8 heteroatoms. The lowest BCUT2D eigenvalue weighted by atomic mass is 10.3. The van der Waals surface area contributed by atoms with Gasteiger partial charge in [-0.3, -0.25) is 15.4 Å². The number of hydrogen-bond acceptors (Lipinski definition) is 6. The maximum Gasteiger partial charge on any atom is 0.343 e. The lowest BCUT2D eigenvalue weighted by molar-refractivity contribution is 0.765. The first-order chi connectivity index (χ1) is 8.20.